The Morgan fingerprint density at radius 2 is 2.17 bits per heavy atom. The minimum absolute atomic E-state index is 0.116. The zero-order chi connectivity index (χ0) is 9.30. The second kappa shape index (κ2) is 3.06. The van der Waals surface area contributed by atoms with Crippen molar-refractivity contribution in [2.45, 2.75) is 6.92 Å². The number of halogens is 1. The van der Waals surface area contributed by atoms with E-state index in [-0.39, 0.29) is 5.69 Å². The van der Waals surface area contributed by atoms with Crippen LogP contribution in [0.25, 0.3) is 0 Å². The standard InChI is InChI=1S/C5H3IN4O2/c1-3-4(11)9(2-7)5(12)10(6)8-3/h1H3. The van der Waals surface area contributed by atoms with Crippen LogP contribution in [0.15, 0.2) is 9.59 Å². The smallest absolute Gasteiger partial charge is 0.266 e. The maximum atomic E-state index is 11.0. The lowest BCUT2D eigenvalue weighted by Crippen LogP contribution is -2.37. The predicted molar refractivity (Wildman–Crippen MR) is 47.9 cm³/mol. The van der Waals surface area contributed by atoms with Crippen LogP contribution in [-0.4, -0.2) is 12.6 Å². The highest BCUT2D eigenvalue weighted by Crippen LogP contribution is 1.82. The van der Waals surface area contributed by atoms with Gasteiger partial charge in [0.1, 0.15) is 5.69 Å². The quantitative estimate of drug-likeness (QED) is 0.584. The fraction of sp³-hybridized carbons (Fsp3) is 0.200. The van der Waals surface area contributed by atoms with Crippen LogP contribution >= 0.6 is 22.9 Å². The topological polar surface area (TPSA) is 80.7 Å². The van der Waals surface area contributed by atoms with Gasteiger partial charge in [-0.1, -0.05) is 0 Å². The van der Waals surface area contributed by atoms with Gasteiger partial charge in [0.25, 0.3) is 5.56 Å². The molecule has 0 amide bonds. The summed E-state index contributed by atoms with van der Waals surface area (Å²) in [6.07, 6.45) is 1.47. The zero-order valence-electron chi connectivity index (χ0n) is 5.98. The third-order valence-corrected chi connectivity index (χ3v) is 1.83. The molecule has 1 aromatic rings. The van der Waals surface area contributed by atoms with Crippen LogP contribution in [0.2, 0.25) is 0 Å². The second-order valence-corrected chi connectivity index (χ2v) is 2.88. The van der Waals surface area contributed by atoms with Gasteiger partial charge in [0, 0.05) is 0 Å². The van der Waals surface area contributed by atoms with Crippen molar-refractivity contribution < 1.29 is 0 Å². The van der Waals surface area contributed by atoms with Crippen molar-refractivity contribution >= 4 is 22.9 Å². The molecule has 0 saturated carbocycles. The lowest BCUT2D eigenvalue weighted by molar-refractivity contribution is 0.766. The Bertz CT molecular complexity index is 432. The van der Waals surface area contributed by atoms with Crippen LogP contribution in [0.4, 0.5) is 0 Å². The van der Waals surface area contributed by atoms with Gasteiger partial charge in [0.15, 0.2) is 6.19 Å². The van der Waals surface area contributed by atoms with E-state index in [1.807, 2.05) is 0 Å². The van der Waals surface area contributed by atoms with Crippen LogP contribution in [0.3, 0.4) is 0 Å². The van der Waals surface area contributed by atoms with Gasteiger partial charge in [-0.15, -0.1) is 0 Å². The summed E-state index contributed by atoms with van der Waals surface area (Å²) in [5.41, 5.74) is -1.30. The third-order valence-electron chi connectivity index (χ3n) is 1.20. The Kier molecular flexibility index (Phi) is 2.27. The van der Waals surface area contributed by atoms with Gasteiger partial charge < -0.3 is 0 Å². The van der Waals surface area contributed by atoms with Gasteiger partial charge in [-0.25, -0.2) is 4.79 Å². The van der Waals surface area contributed by atoms with E-state index < -0.39 is 11.2 Å². The molecule has 6 nitrogen and oxygen atoms in total. The van der Waals surface area contributed by atoms with E-state index in [2.05, 4.69) is 5.10 Å². The van der Waals surface area contributed by atoms with Crippen molar-refractivity contribution in [2.75, 3.05) is 0 Å². The van der Waals surface area contributed by atoms with Crippen molar-refractivity contribution in [3.05, 3.63) is 26.5 Å². The lowest BCUT2D eigenvalue weighted by atomic mass is 10.5. The second-order valence-electron chi connectivity index (χ2n) is 1.97. The third kappa shape index (κ3) is 1.25. The van der Waals surface area contributed by atoms with Crippen LogP contribution in [0.1, 0.15) is 5.69 Å². The van der Waals surface area contributed by atoms with E-state index in [4.69, 9.17) is 5.26 Å². The van der Waals surface area contributed by atoms with Gasteiger partial charge in [0.2, 0.25) is 0 Å². The monoisotopic (exact) mass is 278 g/mol. The first-order chi connectivity index (χ1) is 5.57. The molecule has 0 fully saturated rings. The van der Waals surface area contributed by atoms with Gasteiger partial charge in [-0.3, -0.25) is 4.79 Å². The average molecular weight is 278 g/mol. The van der Waals surface area contributed by atoms with E-state index in [0.29, 0.717) is 4.57 Å². The van der Waals surface area contributed by atoms with Gasteiger partial charge in [-0.05, 0) is 6.92 Å². The molecular formula is C5H3IN4O2. The fourth-order valence-corrected chi connectivity index (χ4v) is 1.18. The maximum Gasteiger partial charge on any atom is 0.370 e. The van der Waals surface area contributed by atoms with Gasteiger partial charge in [0.05, 0.1) is 22.9 Å². The Morgan fingerprint density at radius 3 is 2.67 bits per heavy atom. The first-order valence-electron chi connectivity index (χ1n) is 2.87. The van der Waals surface area contributed by atoms with E-state index in [1.54, 1.807) is 22.9 Å². The Balaban J connectivity index is 3.81. The minimum atomic E-state index is -0.742. The molecule has 0 bridgehead atoms. The van der Waals surface area contributed by atoms with Crippen molar-refractivity contribution in [3.63, 3.8) is 0 Å². The number of rotatable bonds is 0. The molecule has 0 aliphatic heterocycles. The molecule has 0 spiro atoms. The number of hydrogen-bond donors (Lipinski definition) is 0. The molecule has 0 aliphatic rings. The average Bonchev–Trinajstić information content (AvgIpc) is 2.02. The van der Waals surface area contributed by atoms with Crippen LogP contribution in [0, 0.1) is 18.4 Å². The summed E-state index contributed by atoms with van der Waals surface area (Å²) in [5, 5.41) is 12.0. The summed E-state index contributed by atoms with van der Waals surface area (Å²) in [6.45, 7) is 1.44. The maximum absolute atomic E-state index is 11.0. The van der Waals surface area contributed by atoms with Gasteiger partial charge in [-0.2, -0.15) is 17.8 Å². The molecule has 0 saturated heterocycles. The summed E-state index contributed by atoms with van der Waals surface area (Å²) in [4.78, 5) is 22.0. The fourth-order valence-electron chi connectivity index (χ4n) is 0.637. The van der Waals surface area contributed by atoms with E-state index in [1.165, 1.54) is 13.1 Å². The SMILES string of the molecule is Cc1nn(I)c(=O)n(C#N)c1=O. The molecule has 1 heterocycles. The summed E-state index contributed by atoms with van der Waals surface area (Å²) in [7, 11) is 0. The first kappa shape index (κ1) is 8.92. The van der Waals surface area contributed by atoms with Crippen LogP contribution in [0.5, 0.6) is 0 Å². The Hall–Kier alpha value is -1.17. The Morgan fingerprint density at radius 1 is 1.58 bits per heavy atom. The molecule has 62 valence electrons. The first-order valence-corrected chi connectivity index (χ1v) is 3.83. The molecular weight excluding hydrogens is 275 g/mol. The molecule has 12 heavy (non-hydrogen) atoms. The number of aryl methyl sites for hydroxylation is 1. The van der Waals surface area contributed by atoms with Crippen LogP contribution < -0.4 is 11.2 Å². The lowest BCUT2D eigenvalue weighted by Gasteiger charge is -1.96. The normalized spacial score (nSPS) is 9.42. The summed E-state index contributed by atoms with van der Waals surface area (Å²) in [6, 6.07) is 0. The zero-order valence-corrected chi connectivity index (χ0v) is 8.14. The van der Waals surface area contributed by atoms with E-state index >= 15 is 0 Å². The summed E-state index contributed by atoms with van der Waals surface area (Å²) >= 11 is 1.60. The molecule has 1 aromatic heterocycles. The predicted octanol–water partition coefficient (Wildman–Crippen LogP) is -0.759. The number of aromatic nitrogens is 3. The molecule has 7 heteroatoms. The molecule has 1 rings (SSSR count). The van der Waals surface area contributed by atoms with E-state index in [9.17, 15) is 9.59 Å². The highest BCUT2D eigenvalue weighted by molar-refractivity contribution is 14.1. The van der Waals surface area contributed by atoms with Crippen molar-refractivity contribution in [1.29, 1.82) is 5.26 Å². The summed E-state index contributed by atoms with van der Waals surface area (Å²) in [5.74, 6) is 0. The molecule has 0 unspecified atom stereocenters. The minimum Gasteiger partial charge on any atom is -0.266 e. The van der Waals surface area contributed by atoms with Crippen molar-refractivity contribution in [2.24, 2.45) is 0 Å². The number of hydrogen-bond acceptors (Lipinski definition) is 4. The summed E-state index contributed by atoms with van der Waals surface area (Å²) < 4.78 is 1.37. The largest absolute Gasteiger partial charge is 0.370 e. The highest BCUT2D eigenvalue weighted by atomic mass is 127. The number of nitriles is 1. The highest BCUT2D eigenvalue weighted by Gasteiger charge is 2.06. The van der Waals surface area contributed by atoms with Gasteiger partial charge >= 0.3 is 5.69 Å². The molecule has 0 N–H and O–H groups in total. The van der Waals surface area contributed by atoms with Crippen molar-refractivity contribution in [3.8, 4) is 6.19 Å². The molecule has 0 radical (unpaired) electrons. The van der Waals surface area contributed by atoms with E-state index in [0.717, 1.165) is 2.90 Å². The molecule has 0 atom stereocenters. The Labute approximate surface area is 80.5 Å². The number of nitrogens with zero attached hydrogens (tertiary/aromatic N) is 4. The molecule has 0 aliphatic carbocycles. The van der Waals surface area contributed by atoms with Crippen molar-refractivity contribution in [1.82, 2.24) is 12.6 Å². The molecule has 0 aromatic carbocycles. The van der Waals surface area contributed by atoms with Crippen LogP contribution in [-0.2, 0) is 0 Å².